The molecule has 1 amide bonds. The molecule has 21 heavy (non-hydrogen) atoms. The summed E-state index contributed by atoms with van der Waals surface area (Å²) in [4.78, 5) is 11.8. The Bertz CT molecular complexity index is 664. The summed E-state index contributed by atoms with van der Waals surface area (Å²) in [5.41, 5.74) is -0.780. The Morgan fingerprint density at radius 1 is 1.52 bits per heavy atom. The van der Waals surface area contributed by atoms with E-state index >= 15 is 0 Å². The normalized spacial score (nSPS) is 23.8. The van der Waals surface area contributed by atoms with Gasteiger partial charge in [-0.1, -0.05) is 15.9 Å². The Morgan fingerprint density at radius 3 is 2.81 bits per heavy atom. The predicted octanol–water partition coefficient (Wildman–Crippen LogP) is 1.66. The molecule has 1 unspecified atom stereocenters. The molecule has 2 rings (SSSR count). The average Bonchev–Trinajstić information content (AvgIpc) is 2.62. The molecule has 1 fully saturated rings. The lowest BCUT2D eigenvalue weighted by Crippen LogP contribution is -2.48. The van der Waals surface area contributed by atoms with Crippen LogP contribution in [0, 0.1) is 5.82 Å². The van der Waals surface area contributed by atoms with Gasteiger partial charge in [-0.05, 0) is 31.5 Å². The summed E-state index contributed by atoms with van der Waals surface area (Å²) in [5.74, 6) is -1.11. The number of carbonyl (C=O) groups excluding carboxylic acids is 1. The van der Waals surface area contributed by atoms with E-state index < -0.39 is 27.1 Å². The van der Waals surface area contributed by atoms with Gasteiger partial charge < -0.3 is 10.1 Å². The zero-order chi connectivity index (χ0) is 15.7. The molecule has 1 aliphatic heterocycles. The first-order valence-electron chi connectivity index (χ1n) is 6.28. The maximum atomic E-state index is 13.5. The van der Waals surface area contributed by atoms with Gasteiger partial charge in [0.1, 0.15) is 0 Å². The van der Waals surface area contributed by atoms with Gasteiger partial charge >= 0.3 is 0 Å². The van der Waals surface area contributed by atoms with Crippen molar-refractivity contribution in [3.63, 3.8) is 0 Å². The Morgan fingerprint density at radius 2 is 2.24 bits per heavy atom. The van der Waals surface area contributed by atoms with E-state index in [0.717, 1.165) is 0 Å². The zero-order valence-corrected chi connectivity index (χ0v) is 13.8. The van der Waals surface area contributed by atoms with Crippen LogP contribution in [0.25, 0.3) is 0 Å². The highest BCUT2D eigenvalue weighted by Gasteiger charge is 2.39. The minimum absolute atomic E-state index is 0.0300. The number of ether oxygens (including phenoxy) is 1. The van der Waals surface area contributed by atoms with Gasteiger partial charge in [-0.3, -0.25) is 4.79 Å². The quantitative estimate of drug-likeness (QED) is 0.863. The second-order valence-electron chi connectivity index (χ2n) is 5.31. The first-order valence-corrected chi connectivity index (χ1v) is 8.90. The third kappa shape index (κ3) is 4.41. The number of carbonyl (C=O) groups is 1. The fourth-order valence-electron chi connectivity index (χ4n) is 2.22. The molecule has 1 saturated heterocycles. The summed E-state index contributed by atoms with van der Waals surface area (Å²) in [6.07, 6.45) is 0.369. The maximum Gasteiger partial charge on any atom is 0.258 e. The second kappa shape index (κ2) is 5.92. The zero-order valence-electron chi connectivity index (χ0n) is 11.4. The largest absolute Gasteiger partial charge is 0.481 e. The summed E-state index contributed by atoms with van der Waals surface area (Å²) >= 11 is 3.12. The fraction of sp³-hybridized carbons (Fsp3) is 0.462. The number of amides is 1. The van der Waals surface area contributed by atoms with Crippen LogP contribution in [0.1, 0.15) is 13.3 Å². The van der Waals surface area contributed by atoms with E-state index in [2.05, 4.69) is 21.2 Å². The standard InChI is InChI=1S/C13H15BrFNO4S/c1-13(4-5-21(18,19)8-13)16-12(17)7-20-11-3-2-9(14)6-10(11)15/h2-3,6H,4-5,7-8H2,1H3,(H,16,17). The molecule has 5 nitrogen and oxygen atoms in total. The monoisotopic (exact) mass is 379 g/mol. The lowest BCUT2D eigenvalue weighted by atomic mass is 10.0. The van der Waals surface area contributed by atoms with Crippen molar-refractivity contribution >= 4 is 31.7 Å². The Kier molecular flexibility index (Phi) is 4.57. The van der Waals surface area contributed by atoms with E-state index in [1.807, 2.05) is 0 Å². The Hall–Kier alpha value is -1.15. The van der Waals surface area contributed by atoms with Crippen molar-refractivity contribution in [3.05, 3.63) is 28.5 Å². The van der Waals surface area contributed by atoms with Crippen LogP contribution in [0.5, 0.6) is 5.75 Å². The van der Waals surface area contributed by atoms with Gasteiger partial charge in [0.25, 0.3) is 5.91 Å². The number of nitrogens with one attached hydrogen (secondary N) is 1. The molecule has 0 aliphatic carbocycles. The number of hydrogen-bond acceptors (Lipinski definition) is 4. The molecule has 0 radical (unpaired) electrons. The van der Waals surface area contributed by atoms with E-state index in [1.54, 1.807) is 13.0 Å². The van der Waals surface area contributed by atoms with Crippen LogP contribution < -0.4 is 10.1 Å². The van der Waals surface area contributed by atoms with Crippen molar-refractivity contribution in [2.24, 2.45) is 0 Å². The molecule has 1 N–H and O–H groups in total. The molecule has 0 saturated carbocycles. The average molecular weight is 380 g/mol. The highest BCUT2D eigenvalue weighted by molar-refractivity contribution is 9.10. The number of benzene rings is 1. The third-order valence-corrected chi connectivity index (χ3v) is 5.59. The predicted molar refractivity (Wildman–Crippen MR) is 79.4 cm³/mol. The fourth-order valence-corrected chi connectivity index (χ4v) is 4.64. The SMILES string of the molecule is CC1(NC(=O)COc2ccc(Br)cc2F)CCS(=O)(=O)C1. The van der Waals surface area contributed by atoms with Crippen LogP contribution in [0.4, 0.5) is 4.39 Å². The van der Waals surface area contributed by atoms with Gasteiger partial charge in [-0.2, -0.15) is 0 Å². The van der Waals surface area contributed by atoms with Gasteiger partial charge in [0.05, 0.1) is 17.0 Å². The van der Waals surface area contributed by atoms with Crippen LogP contribution in [-0.2, 0) is 14.6 Å². The minimum atomic E-state index is -3.10. The van der Waals surface area contributed by atoms with E-state index in [0.29, 0.717) is 10.9 Å². The van der Waals surface area contributed by atoms with Crippen LogP contribution in [0.2, 0.25) is 0 Å². The molecular weight excluding hydrogens is 365 g/mol. The van der Waals surface area contributed by atoms with Gasteiger partial charge in [0.2, 0.25) is 0 Å². The van der Waals surface area contributed by atoms with Gasteiger partial charge in [0.15, 0.2) is 28.0 Å². The molecule has 0 aromatic heterocycles. The minimum Gasteiger partial charge on any atom is -0.481 e. The maximum absolute atomic E-state index is 13.5. The molecule has 1 aromatic carbocycles. The van der Waals surface area contributed by atoms with Crippen molar-refractivity contribution in [1.29, 1.82) is 0 Å². The number of rotatable bonds is 4. The molecular formula is C13H15BrFNO4S. The van der Waals surface area contributed by atoms with E-state index in [-0.39, 0.29) is 23.9 Å². The van der Waals surface area contributed by atoms with Crippen LogP contribution in [0.3, 0.4) is 0 Å². The Balaban J connectivity index is 1.91. The first kappa shape index (κ1) is 16.2. The summed E-state index contributed by atoms with van der Waals surface area (Å²) in [6.45, 7) is 1.31. The van der Waals surface area contributed by atoms with Crippen LogP contribution >= 0.6 is 15.9 Å². The summed E-state index contributed by atoms with van der Waals surface area (Å²) in [7, 11) is -3.10. The highest BCUT2D eigenvalue weighted by atomic mass is 79.9. The van der Waals surface area contributed by atoms with Gasteiger partial charge in [0, 0.05) is 4.47 Å². The molecule has 0 bridgehead atoms. The molecule has 1 aromatic rings. The van der Waals surface area contributed by atoms with Crippen molar-refractivity contribution in [1.82, 2.24) is 5.32 Å². The van der Waals surface area contributed by atoms with Crippen molar-refractivity contribution in [2.45, 2.75) is 18.9 Å². The second-order valence-corrected chi connectivity index (χ2v) is 8.41. The van der Waals surface area contributed by atoms with Crippen molar-refractivity contribution in [3.8, 4) is 5.75 Å². The lowest BCUT2D eigenvalue weighted by Gasteiger charge is -2.23. The highest BCUT2D eigenvalue weighted by Crippen LogP contribution is 2.23. The van der Waals surface area contributed by atoms with Crippen molar-refractivity contribution in [2.75, 3.05) is 18.1 Å². The third-order valence-electron chi connectivity index (χ3n) is 3.20. The van der Waals surface area contributed by atoms with E-state index in [9.17, 15) is 17.6 Å². The molecule has 1 aliphatic rings. The molecule has 116 valence electrons. The van der Waals surface area contributed by atoms with Gasteiger partial charge in [-0.25, -0.2) is 12.8 Å². The van der Waals surface area contributed by atoms with Gasteiger partial charge in [-0.15, -0.1) is 0 Å². The number of hydrogen-bond donors (Lipinski definition) is 1. The number of halogens is 2. The molecule has 1 heterocycles. The summed E-state index contributed by atoms with van der Waals surface area (Å²) in [5, 5.41) is 2.64. The van der Waals surface area contributed by atoms with E-state index in [1.165, 1.54) is 12.1 Å². The molecule has 0 spiro atoms. The van der Waals surface area contributed by atoms with Crippen LogP contribution in [-0.4, -0.2) is 38.0 Å². The first-order chi connectivity index (χ1) is 9.69. The Labute approximate surface area is 130 Å². The molecule has 1 atom stereocenters. The van der Waals surface area contributed by atoms with Crippen LogP contribution in [0.15, 0.2) is 22.7 Å². The lowest BCUT2D eigenvalue weighted by molar-refractivity contribution is -0.124. The number of sulfone groups is 1. The van der Waals surface area contributed by atoms with E-state index in [4.69, 9.17) is 4.74 Å². The van der Waals surface area contributed by atoms with Crippen molar-refractivity contribution < 1.29 is 22.3 Å². The summed E-state index contributed by atoms with van der Waals surface area (Å²) < 4.78 is 42.1. The summed E-state index contributed by atoms with van der Waals surface area (Å²) in [6, 6.07) is 4.24. The topological polar surface area (TPSA) is 72.5 Å². The molecule has 8 heteroatoms. The smallest absolute Gasteiger partial charge is 0.258 e.